The van der Waals surface area contributed by atoms with Crippen molar-refractivity contribution in [2.24, 2.45) is 5.92 Å². The summed E-state index contributed by atoms with van der Waals surface area (Å²) in [4.78, 5) is 27.2. The van der Waals surface area contributed by atoms with Crippen LogP contribution in [-0.2, 0) is 22.7 Å². The van der Waals surface area contributed by atoms with Crippen LogP contribution in [0.2, 0.25) is 5.02 Å². The van der Waals surface area contributed by atoms with Crippen LogP contribution in [0.25, 0.3) is 0 Å². The standard InChI is InChI=1S/C26H30ClNO3/c1-2-3-9-25(29)22-12-16-24(17-13-22)28(18-20-10-14-23(27)15-11-20)26(30)31-19-21-7-5-4-6-8-21/h2,4-8,10-11,14-15,22,24H,1,3,9,12-13,16-19H2/t22-,24+. The Bertz CT molecular complexity index is 858. The molecule has 1 fully saturated rings. The largest absolute Gasteiger partial charge is 0.445 e. The van der Waals surface area contributed by atoms with Gasteiger partial charge in [0.25, 0.3) is 0 Å². The molecule has 0 N–H and O–H groups in total. The van der Waals surface area contributed by atoms with Crippen LogP contribution >= 0.6 is 11.6 Å². The lowest BCUT2D eigenvalue weighted by Crippen LogP contribution is -2.42. The number of carbonyl (C=O) groups excluding carboxylic acids is 2. The van der Waals surface area contributed by atoms with E-state index in [1.54, 1.807) is 6.08 Å². The number of nitrogens with zero attached hydrogens (tertiary/aromatic N) is 1. The van der Waals surface area contributed by atoms with Gasteiger partial charge in [-0.3, -0.25) is 4.79 Å². The monoisotopic (exact) mass is 439 g/mol. The van der Waals surface area contributed by atoms with Crippen molar-refractivity contribution in [1.82, 2.24) is 4.90 Å². The number of hydrogen-bond acceptors (Lipinski definition) is 3. The molecular weight excluding hydrogens is 410 g/mol. The van der Waals surface area contributed by atoms with Gasteiger partial charge in [0.15, 0.2) is 0 Å². The van der Waals surface area contributed by atoms with Crippen LogP contribution in [-0.4, -0.2) is 22.8 Å². The minimum atomic E-state index is -0.319. The summed E-state index contributed by atoms with van der Waals surface area (Å²) in [6.45, 7) is 4.40. The van der Waals surface area contributed by atoms with E-state index in [9.17, 15) is 9.59 Å². The summed E-state index contributed by atoms with van der Waals surface area (Å²) in [7, 11) is 0. The summed E-state index contributed by atoms with van der Waals surface area (Å²) in [5.41, 5.74) is 1.96. The van der Waals surface area contributed by atoms with Crippen molar-refractivity contribution in [2.75, 3.05) is 0 Å². The first-order valence-electron chi connectivity index (χ1n) is 10.9. The number of amides is 1. The van der Waals surface area contributed by atoms with Crippen LogP contribution in [0.1, 0.15) is 49.7 Å². The molecule has 1 aliphatic rings. The molecular formula is C26H30ClNO3. The highest BCUT2D eigenvalue weighted by Gasteiger charge is 2.32. The molecule has 1 amide bonds. The zero-order valence-electron chi connectivity index (χ0n) is 17.8. The van der Waals surface area contributed by atoms with Crippen LogP contribution < -0.4 is 0 Å². The van der Waals surface area contributed by atoms with Crippen molar-refractivity contribution < 1.29 is 14.3 Å². The molecule has 5 heteroatoms. The number of allylic oxidation sites excluding steroid dienone is 1. The number of carbonyl (C=O) groups is 2. The van der Waals surface area contributed by atoms with Gasteiger partial charge in [0.05, 0.1) is 0 Å². The fourth-order valence-electron chi connectivity index (χ4n) is 4.09. The van der Waals surface area contributed by atoms with Gasteiger partial charge < -0.3 is 9.64 Å². The smallest absolute Gasteiger partial charge is 0.410 e. The Kier molecular flexibility index (Phi) is 8.72. The second kappa shape index (κ2) is 11.7. The van der Waals surface area contributed by atoms with E-state index in [0.717, 1.165) is 43.2 Å². The Labute approximate surface area is 189 Å². The molecule has 0 bridgehead atoms. The summed E-state index contributed by atoms with van der Waals surface area (Å²) >= 11 is 6.02. The predicted octanol–water partition coefficient (Wildman–Crippen LogP) is 6.57. The van der Waals surface area contributed by atoms with E-state index in [-0.39, 0.29) is 24.7 Å². The second-order valence-electron chi connectivity index (χ2n) is 8.09. The van der Waals surface area contributed by atoms with Gasteiger partial charge in [-0.05, 0) is 55.4 Å². The van der Waals surface area contributed by atoms with Crippen molar-refractivity contribution in [2.45, 2.75) is 57.7 Å². The Morgan fingerprint density at radius 1 is 1.00 bits per heavy atom. The lowest BCUT2D eigenvalue weighted by Gasteiger charge is -2.36. The number of Topliss-reactive ketones (excluding diaryl/α,β-unsaturated/α-hetero) is 1. The molecule has 31 heavy (non-hydrogen) atoms. The van der Waals surface area contributed by atoms with Gasteiger partial charge in [-0.2, -0.15) is 0 Å². The average Bonchev–Trinajstić information content (AvgIpc) is 2.81. The van der Waals surface area contributed by atoms with Crippen molar-refractivity contribution in [3.05, 3.63) is 83.4 Å². The molecule has 0 atom stereocenters. The Morgan fingerprint density at radius 2 is 1.68 bits per heavy atom. The van der Waals surface area contributed by atoms with E-state index in [0.29, 0.717) is 23.8 Å². The van der Waals surface area contributed by atoms with Gasteiger partial charge in [0.1, 0.15) is 12.4 Å². The van der Waals surface area contributed by atoms with Gasteiger partial charge in [0, 0.05) is 29.9 Å². The van der Waals surface area contributed by atoms with Gasteiger partial charge in [-0.15, -0.1) is 6.58 Å². The minimum Gasteiger partial charge on any atom is -0.445 e. The number of hydrogen-bond donors (Lipinski definition) is 0. The Hall–Kier alpha value is -2.59. The maximum Gasteiger partial charge on any atom is 0.410 e. The maximum absolute atomic E-state index is 13.0. The zero-order valence-corrected chi connectivity index (χ0v) is 18.6. The van der Waals surface area contributed by atoms with Gasteiger partial charge in [-0.1, -0.05) is 60.1 Å². The van der Waals surface area contributed by atoms with Gasteiger partial charge in [0.2, 0.25) is 0 Å². The third-order valence-electron chi connectivity index (χ3n) is 5.89. The zero-order chi connectivity index (χ0) is 22.1. The van der Waals surface area contributed by atoms with Crippen LogP contribution in [0.5, 0.6) is 0 Å². The lowest BCUT2D eigenvalue weighted by atomic mass is 9.81. The normalized spacial score (nSPS) is 18.2. The highest BCUT2D eigenvalue weighted by Crippen LogP contribution is 2.31. The molecule has 0 saturated heterocycles. The third-order valence-corrected chi connectivity index (χ3v) is 6.15. The molecule has 2 aromatic carbocycles. The van der Waals surface area contributed by atoms with E-state index < -0.39 is 0 Å². The fraction of sp³-hybridized carbons (Fsp3) is 0.385. The number of ketones is 1. The molecule has 0 spiro atoms. The van der Waals surface area contributed by atoms with Crippen LogP contribution in [0, 0.1) is 5.92 Å². The molecule has 1 saturated carbocycles. The van der Waals surface area contributed by atoms with Gasteiger partial charge in [-0.25, -0.2) is 4.79 Å². The van der Waals surface area contributed by atoms with E-state index in [4.69, 9.17) is 16.3 Å². The van der Waals surface area contributed by atoms with E-state index in [1.807, 2.05) is 59.5 Å². The highest BCUT2D eigenvalue weighted by atomic mass is 35.5. The molecule has 3 rings (SSSR count). The topological polar surface area (TPSA) is 46.6 Å². The molecule has 0 aromatic heterocycles. The second-order valence-corrected chi connectivity index (χ2v) is 8.53. The molecule has 0 heterocycles. The number of benzene rings is 2. The summed E-state index contributed by atoms with van der Waals surface area (Å²) in [6.07, 6.45) is 5.99. The molecule has 1 aliphatic carbocycles. The number of rotatable bonds is 9. The van der Waals surface area contributed by atoms with Crippen LogP contribution in [0.4, 0.5) is 4.79 Å². The van der Waals surface area contributed by atoms with Crippen LogP contribution in [0.3, 0.4) is 0 Å². The first-order chi connectivity index (χ1) is 15.1. The van der Waals surface area contributed by atoms with Crippen molar-refractivity contribution >= 4 is 23.5 Å². The van der Waals surface area contributed by atoms with Gasteiger partial charge >= 0.3 is 6.09 Å². The average molecular weight is 440 g/mol. The Balaban J connectivity index is 1.65. The molecule has 4 nitrogen and oxygen atoms in total. The minimum absolute atomic E-state index is 0.0578. The quantitative estimate of drug-likeness (QED) is 0.415. The summed E-state index contributed by atoms with van der Waals surface area (Å²) in [6, 6.07) is 17.3. The van der Waals surface area contributed by atoms with Crippen molar-refractivity contribution in [1.29, 1.82) is 0 Å². The van der Waals surface area contributed by atoms with E-state index >= 15 is 0 Å². The summed E-state index contributed by atoms with van der Waals surface area (Å²) < 4.78 is 5.65. The van der Waals surface area contributed by atoms with E-state index in [2.05, 4.69) is 6.58 Å². The SMILES string of the molecule is C=CCCC(=O)[C@H]1CC[C@@H](N(Cc2ccc(Cl)cc2)C(=O)OCc2ccccc2)CC1. The summed E-state index contributed by atoms with van der Waals surface area (Å²) in [5.74, 6) is 0.406. The maximum atomic E-state index is 13.0. The third kappa shape index (κ3) is 6.96. The molecule has 0 aliphatic heterocycles. The van der Waals surface area contributed by atoms with Crippen molar-refractivity contribution in [3.63, 3.8) is 0 Å². The van der Waals surface area contributed by atoms with E-state index in [1.165, 1.54) is 0 Å². The first-order valence-corrected chi connectivity index (χ1v) is 11.3. The molecule has 0 unspecified atom stereocenters. The molecule has 0 radical (unpaired) electrons. The van der Waals surface area contributed by atoms with Crippen LogP contribution in [0.15, 0.2) is 67.3 Å². The number of halogens is 1. The lowest BCUT2D eigenvalue weighted by molar-refractivity contribution is -0.124. The van der Waals surface area contributed by atoms with Crippen molar-refractivity contribution in [3.8, 4) is 0 Å². The predicted molar refractivity (Wildman–Crippen MR) is 124 cm³/mol. The number of ether oxygens (including phenoxy) is 1. The molecule has 2 aromatic rings. The molecule has 164 valence electrons. The fourth-order valence-corrected chi connectivity index (χ4v) is 4.22. The Morgan fingerprint density at radius 3 is 2.32 bits per heavy atom. The highest BCUT2D eigenvalue weighted by molar-refractivity contribution is 6.30. The summed E-state index contributed by atoms with van der Waals surface area (Å²) in [5, 5.41) is 0.667. The first kappa shape index (κ1) is 23.1.